The zero-order chi connectivity index (χ0) is 17.4. The minimum Gasteiger partial charge on any atom is -0.450 e. The number of benzene rings is 2. The highest BCUT2D eigenvalue weighted by Gasteiger charge is 2.24. The average Bonchev–Trinajstić information content (AvgIpc) is 2.83. The maximum Gasteiger partial charge on any atom is 0.316 e. The van der Waals surface area contributed by atoms with Crippen molar-refractivity contribution in [3.8, 4) is 0 Å². The van der Waals surface area contributed by atoms with Gasteiger partial charge in [-0.3, -0.25) is 4.79 Å². The fraction of sp³-hybridized carbons (Fsp3) is 0.0588. The Hall–Kier alpha value is -2.50. The Morgan fingerprint density at radius 3 is 2.54 bits per heavy atom. The number of primary amides is 1. The smallest absolute Gasteiger partial charge is 0.316 e. The average molecular weight is 363 g/mol. The third kappa shape index (κ3) is 2.96. The normalized spacial score (nSPS) is 10.8. The van der Waals surface area contributed by atoms with Gasteiger partial charge in [-0.2, -0.15) is 0 Å². The maximum absolute atomic E-state index is 12.8. The molecule has 1 heterocycles. The summed E-state index contributed by atoms with van der Waals surface area (Å²) in [5, 5.41) is 3.63. The molecule has 0 unspecified atom stereocenters. The number of furan rings is 1. The lowest BCUT2D eigenvalue weighted by Gasteiger charge is -2.05. The number of hydrogen-bond donors (Lipinski definition) is 2. The highest BCUT2D eigenvalue weighted by atomic mass is 35.5. The van der Waals surface area contributed by atoms with Crippen molar-refractivity contribution in [1.29, 1.82) is 0 Å². The Balaban J connectivity index is 2.20. The molecule has 0 spiro atoms. The highest BCUT2D eigenvalue weighted by molar-refractivity contribution is 6.37. The molecule has 0 aliphatic heterocycles. The number of aryl methyl sites for hydroxylation is 1. The fourth-order valence-corrected chi connectivity index (χ4v) is 2.90. The van der Waals surface area contributed by atoms with Crippen molar-refractivity contribution in [3.05, 3.63) is 63.3 Å². The van der Waals surface area contributed by atoms with E-state index in [9.17, 15) is 9.59 Å². The molecule has 3 N–H and O–H groups in total. The number of carbonyl (C=O) groups excluding carboxylic acids is 2. The van der Waals surface area contributed by atoms with Gasteiger partial charge in [-0.05, 0) is 42.8 Å². The van der Waals surface area contributed by atoms with Crippen LogP contribution in [0, 0.1) is 6.92 Å². The quantitative estimate of drug-likeness (QED) is 0.658. The molecule has 0 saturated carbocycles. The number of hydrogen-bond acceptors (Lipinski definition) is 3. The second-order valence-electron chi connectivity index (χ2n) is 5.25. The summed E-state index contributed by atoms with van der Waals surface area (Å²) in [4.78, 5) is 24.1. The topological polar surface area (TPSA) is 85.3 Å². The predicted molar refractivity (Wildman–Crippen MR) is 94.1 cm³/mol. The summed E-state index contributed by atoms with van der Waals surface area (Å²) in [5.41, 5.74) is 7.06. The number of amides is 2. The first-order valence-electron chi connectivity index (χ1n) is 6.96. The molecule has 122 valence electrons. The van der Waals surface area contributed by atoms with E-state index in [1.807, 2.05) is 13.0 Å². The number of urea groups is 1. The minimum atomic E-state index is -0.797. The largest absolute Gasteiger partial charge is 0.450 e. The molecular formula is C17H12Cl2N2O3. The summed E-state index contributed by atoms with van der Waals surface area (Å²) in [6.45, 7) is 1.89. The van der Waals surface area contributed by atoms with E-state index < -0.39 is 11.8 Å². The molecule has 1 aromatic heterocycles. The van der Waals surface area contributed by atoms with E-state index in [-0.39, 0.29) is 22.0 Å². The van der Waals surface area contributed by atoms with E-state index in [1.165, 1.54) is 12.1 Å². The first kappa shape index (κ1) is 16.4. The van der Waals surface area contributed by atoms with Crippen LogP contribution >= 0.6 is 23.2 Å². The summed E-state index contributed by atoms with van der Waals surface area (Å²) in [6, 6.07) is 9.07. The fourth-order valence-electron chi connectivity index (χ4n) is 2.41. The van der Waals surface area contributed by atoms with Crippen molar-refractivity contribution >= 4 is 51.7 Å². The molecule has 0 radical (unpaired) electrons. The number of fused-ring (bicyclic) bond motifs is 1. The van der Waals surface area contributed by atoms with Crippen LogP contribution in [0.1, 0.15) is 21.7 Å². The molecule has 0 saturated heterocycles. The Kier molecular flexibility index (Phi) is 4.22. The van der Waals surface area contributed by atoms with Crippen LogP contribution < -0.4 is 11.1 Å². The van der Waals surface area contributed by atoms with Gasteiger partial charge in [-0.1, -0.05) is 29.3 Å². The minimum absolute atomic E-state index is 0.0429. The van der Waals surface area contributed by atoms with Gasteiger partial charge in [0.15, 0.2) is 5.76 Å². The van der Waals surface area contributed by atoms with E-state index >= 15 is 0 Å². The third-order valence-corrected chi connectivity index (χ3v) is 4.02. The summed E-state index contributed by atoms with van der Waals surface area (Å²) in [5.74, 6) is -0.520. The molecule has 5 nitrogen and oxygen atoms in total. The van der Waals surface area contributed by atoms with Gasteiger partial charge in [-0.15, -0.1) is 0 Å². The molecule has 0 aliphatic rings. The summed E-state index contributed by atoms with van der Waals surface area (Å²) < 4.78 is 5.67. The van der Waals surface area contributed by atoms with E-state index in [0.29, 0.717) is 16.0 Å². The molecule has 7 heteroatoms. The Morgan fingerprint density at radius 1 is 1.12 bits per heavy atom. The van der Waals surface area contributed by atoms with Crippen molar-refractivity contribution in [2.24, 2.45) is 5.73 Å². The predicted octanol–water partition coefficient (Wildman–Crippen LogP) is 4.77. The zero-order valence-corrected chi connectivity index (χ0v) is 14.0. The molecule has 0 bridgehead atoms. The van der Waals surface area contributed by atoms with Gasteiger partial charge in [0.1, 0.15) is 11.3 Å². The van der Waals surface area contributed by atoms with Gasteiger partial charge >= 0.3 is 6.03 Å². The van der Waals surface area contributed by atoms with Crippen LogP contribution in [0.2, 0.25) is 10.0 Å². The summed E-state index contributed by atoms with van der Waals surface area (Å²) in [7, 11) is 0. The molecule has 0 aliphatic carbocycles. The molecule has 3 aromatic rings. The van der Waals surface area contributed by atoms with E-state index in [4.69, 9.17) is 33.4 Å². The Labute approximate surface area is 147 Å². The van der Waals surface area contributed by atoms with E-state index in [1.54, 1.807) is 18.2 Å². The van der Waals surface area contributed by atoms with Crippen molar-refractivity contribution < 1.29 is 14.0 Å². The van der Waals surface area contributed by atoms with Gasteiger partial charge < -0.3 is 15.5 Å². The third-order valence-electron chi connectivity index (χ3n) is 3.48. The van der Waals surface area contributed by atoms with Crippen LogP contribution in [0.15, 0.2) is 40.8 Å². The molecule has 0 fully saturated rings. The lowest BCUT2D eigenvalue weighted by Crippen LogP contribution is -2.20. The van der Waals surface area contributed by atoms with E-state index in [0.717, 1.165) is 5.56 Å². The lowest BCUT2D eigenvalue weighted by atomic mass is 10.1. The van der Waals surface area contributed by atoms with Gasteiger partial charge in [0.2, 0.25) is 5.78 Å². The van der Waals surface area contributed by atoms with Gasteiger partial charge in [0.25, 0.3) is 0 Å². The number of halogens is 2. The number of rotatable bonds is 3. The van der Waals surface area contributed by atoms with Crippen LogP contribution in [-0.2, 0) is 0 Å². The number of nitrogens with two attached hydrogens (primary N) is 1. The number of ketones is 1. The van der Waals surface area contributed by atoms with Crippen molar-refractivity contribution in [3.63, 3.8) is 0 Å². The second kappa shape index (κ2) is 6.19. The molecule has 3 rings (SSSR count). The molecule has 2 amide bonds. The van der Waals surface area contributed by atoms with Crippen LogP contribution in [0.5, 0.6) is 0 Å². The summed E-state index contributed by atoms with van der Waals surface area (Å²) >= 11 is 12.0. The first-order chi connectivity index (χ1) is 11.4. The first-order valence-corrected chi connectivity index (χ1v) is 7.72. The summed E-state index contributed by atoms with van der Waals surface area (Å²) in [6.07, 6.45) is 0. The lowest BCUT2D eigenvalue weighted by molar-refractivity contribution is 0.101. The molecule has 2 aromatic carbocycles. The van der Waals surface area contributed by atoms with Crippen LogP contribution in [0.3, 0.4) is 0 Å². The Morgan fingerprint density at radius 2 is 1.88 bits per heavy atom. The maximum atomic E-state index is 12.8. The number of nitrogens with one attached hydrogen (secondary N) is 1. The van der Waals surface area contributed by atoms with Crippen LogP contribution in [0.4, 0.5) is 10.5 Å². The SMILES string of the molecule is Cc1ccc2c(NC(N)=O)c(C(=O)c3ccc(Cl)cc3Cl)oc2c1. The highest BCUT2D eigenvalue weighted by Crippen LogP contribution is 2.34. The van der Waals surface area contributed by atoms with Gasteiger partial charge in [0, 0.05) is 16.0 Å². The standard InChI is InChI=1S/C17H12Cl2N2O3/c1-8-2-4-11-13(6-8)24-16(14(11)21-17(20)23)15(22)10-5-3-9(18)7-12(10)19/h2-7H,1H3,(H3,20,21,23). The van der Waals surface area contributed by atoms with Crippen molar-refractivity contribution in [2.45, 2.75) is 6.92 Å². The number of anilines is 1. The Bertz CT molecular complexity index is 979. The van der Waals surface area contributed by atoms with Crippen molar-refractivity contribution in [1.82, 2.24) is 0 Å². The van der Waals surface area contributed by atoms with Gasteiger partial charge in [-0.25, -0.2) is 4.79 Å². The van der Waals surface area contributed by atoms with E-state index in [2.05, 4.69) is 5.32 Å². The molecular weight excluding hydrogens is 351 g/mol. The zero-order valence-electron chi connectivity index (χ0n) is 12.5. The van der Waals surface area contributed by atoms with Crippen molar-refractivity contribution in [2.75, 3.05) is 5.32 Å². The second-order valence-corrected chi connectivity index (χ2v) is 6.09. The monoisotopic (exact) mass is 362 g/mol. The number of carbonyl (C=O) groups is 2. The molecule has 24 heavy (non-hydrogen) atoms. The molecule has 0 atom stereocenters. The van der Waals surface area contributed by atoms with Gasteiger partial charge in [0.05, 0.1) is 5.02 Å². The van der Waals surface area contributed by atoms with Crippen LogP contribution in [-0.4, -0.2) is 11.8 Å². The van der Waals surface area contributed by atoms with Crippen LogP contribution in [0.25, 0.3) is 11.0 Å².